The normalized spacial score (nSPS) is 26.6. The molecule has 1 aromatic rings. The molecule has 1 N–H and O–H groups in total. The van der Waals surface area contributed by atoms with E-state index < -0.39 is 5.60 Å². The van der Waals surface area contributed by atoms with Gasteiger partial charge in [0.05, 0.1) is 19.8 Å². The Morgan fingerprint density at radius 1 is 1.20 bits per heavy atom. The smallest absolute Gasteiger partial charge is 0.128 e. The predicted octanol–water partition coefficient (Wildman–Crippen LogP) is 3.74. The van der Waals surface area contributed by atoms with Crippen molar-refractivity contribution in [1.82, 2.24) is 0 Å². The van der Waals surface area contributed by atoms with Crippen LogP contribution in [-0.2, 0) is 5.60 Å². The average molecular weight is 278 g/mol. The molecule has 0 aromatic heterocycles. The van der Waals surface area contributed by atoms with Crippen LogP contribution < -0.4 is 9.47 Å². The van der Waals surface area contributed by atoms with E-state index >= 15 is 0 Å². The Labute approximate surface area is 121 Å². The second-order valence-electron chi connectivity index (χ2n) is 6.09. The lowest BCUT2D eigenvalue weighted by Crippen LogP contribution is -2.41. The van der Waals surface area contributed by atoms with Gasteiger partial charge in [-0.2, -0.15) is 0 Å². The molecule has 1 aromatic carbocycles. The summed E-state index contributed by atoms with van der Waals surface area (Å²) in [5.74, 6) is 2.20. The molecule has 1 saturated carbocycles. The number of hydrogen-bond acceptors (Lipinski definition) is 3. The third kappa shape index (κ3) is 2.64. The first kappa shape index (κ1) is 15.2. The Kier molecular flexibility index (Phi) is 4.59. The van der Waals surface area contributed by atoms with Crippen molar-refractivity contribution in [2.45, 2.75) is 45.1 Å². The van der Waals surface area contributed by atoms with Gasteiger partial charge in [-0.05, 0) is 36.8 Å². The fourth-order valence-corrected chi connectivity index (χ4v) is 3.56. The molecule has 0 saturated heterocycles. The van der Waals surface area contributed by atoms with Crippen molar-refractivity contribution in [3.63, 3.8) is 0 Å². The summed E-state index contributed by atoms with van der Waals surface area (Å²) >= 11 is 0. The number of methoxy groups -OCH3 is 2. The molecule has 0 heterocycles. The summed E-state index contributed by atoms with van der Waals surface area (Å²) in [5, 5.41) is 11.3. The molecule has 1 fully saturated rings. The van der Waals surface area contributed by atoms with Gasteiger partial charge in [-0.1, -0.05) is 26.7 Å². The fraction of sp³-hybridized carbons (Fsp3) is 0.647. The van der Waals surface area contributed by atoms with Crippen molar-refractivity contribution in [2.24, 2.45) is 11.8 Å². The van der Waals surface area contributed by atoms with Crippen molar-refractivity contribution in [3.05, 3.63) is 23.8 Å². The van der Waals surface area contributed by atoms with Gasteiger partial charge in [-0.25, -0.2) is 0 Å². The van der Waals surface area contributed by atoms with Gasteiger partial charge < -0.3 is 14.6 Å². The summed E-state index contributed by atoms with van der Waals surface area (Å²) in [6, 6.07) is 5.72. The third-order valence-corrected chi connectivity index (χ3v) is 4.62. The summed E-state index contributed by atoms with van der Waals surface area (Å²) in [5.41, 5.74) is 0.114. The van der Waals surface area contributed by atoms with Crippen molar-refractivity contribution in [1.29, 1.82) is 0 Å². The highest BCUT2D eigenvalue weighted by Crippen LogP contribution is 2.48. The molecule has 2 unspecified atom stereocenters. The van der Waals surface area contributed by atoms with Gasteiger partial charge in [-0.3, -0.25) is 0 Å². The number of benzene rings is 1. The number of aliphatic hydroxyl groups is 1. The molecule has 0 spiro atoms. The zero-order valence-electron chi connectivity index (χ0n) is 13.0. The van der Waals surface area contributed by atoms with Gasteiger partial charge in [0, 0.05) is 11.6 Å². The van der Waals surface area contributed by atoms with Crippen LogP contribution in [0.15, 0.2) is 18.2 Å². The minimum atomic E-state index is -0.788. The van der Waals surface area contributed by atoms with Crippen molar-refractivity contribution < 1.29 is 14.6 Å². The highest BCUT2D eigenvalue weighted by atomic mass is 16.5. The summed E-state index contributed by atoms with van der Waals surface area (Å²) in [4.78, 5) is 0. The summed E-state index contributed by atoms with van der Waals surface area (Å²) in [7, 11) is 3.29. The zero-order valence-corrected chi connectivity index (χ0v) is 13.0. The summed E-state index contributed by atoms with van der Waals surface area (Å²) < 4.78 is 10.7. The van der Waals surface area contributed by atoms with E-state index in [1.165, 1.54) is 6.42 Å². The lowest BCUT2D eigenvalue weighted by molar-refractivity contribution is -0.0734. The molecule has 3 nitrogen and oxygen atoms in total. The van der Waals surface area contributed by atoms with E-state index in [9.17, 15) is 5.11 Å². The maximum Gasteiger partial charge on any atom is 0.128 e. The molecule has 1 aliphatic rings. The van der Waals surface area contributed by atoms with Crippen LogP contribution in [0.1, 0.15) is 45.1 Å². The molecule has 2 atom stereocenters. The number of ether oxygens (including phenoxy) is 2. The Morgan fingerprint density at radius 3 is 2.55 bits per heavy atom. The first-order valence-corrected chi connectivity index (χ1v) is 7.47. The molecular weight excluding hydrogens is 252 g/mol. The summed E-state index contributed by atoms with van der Waals surface area (Å²) in [6.07, 6.45) is 4.14. The monoisotopic (exact) mass is 278 g/mol. The number of rotatable bonds is 4. The van der Waals surface area contributed by atoms with Gasteiger partial charge in [-0.15, -0.1) is 0 Å². The van der Waals surface area contributed by atoms with Crippen molar-refractivity contribution in [2.75, 3.05) is 14.2 Å². The van der Waals surface area contributed by atoms with E-state index in [1.54, 1.807) is 14.2 Å². The lowest BCUT2D eigenvalue weighted by atomic mass is 9.67. The van der Waals surface area contributed by atoms with Crippen LogP contribution in [-0.4, -0.2) is 19.3 Å². The molecule has 20 heavy (non-hydrogen) atoms. The van der Waals surface area contributed by atoms with Crippen molar-refractivity contribution in [3.8, 4) is 11.5 Å². The fourth-order valence-electron chi connectivity index (χ4n) is 3.56. The molecule has 2 rings (SSSR count). The molecule has 0 radical (unpaired) electrons. The lowest BCUT2D eigenvalue weighted by Gasteiger charge is -2.43. The van der Waals surface area contributed by atoms with E-state index in [0.717, 1.165) is 36.3 Å². The van der Waals surface area contributed by atoms with Crippen LogP contribution in [0.5, 0.6) is 11.5 Å². The highest BCUT2D eigenvalue weighted by Gasteiger charge is 2.43. The maximum absolute atomic E-state index is 11.3. The molecule has 0 bridgehead atoms. The van der Waals surface area contributed by atoms with E-state index in [4.69, 9.17) is 9.47 Å². The van der Waals surface area contributed by atoms with Crippen LogP contribution in [0.4, 0.5) is 0 Å². The van der Waals surface area contributed by atoms with Gasteiger partial charge in [0.25, 0.3) is 0 Å². The van der Waals surface area contributed by atoms with Crippen LogP contribution in [0.25, 0.3) is 0 Å². The Hall–Kier alpha value is -1.22. The molecule has 112 valence electrons. The minimum Gasteiger partial charge on any atom is -0.497 e. The third-order valence-electron chi connectivity index (χ3n) is 4.62. The maximum atomic E-state index is 11.3. The van der Waals surface area contributed by atoms with Gasteiger partial charge in [0.2, 0.25) is 0 Å². The SMILES string of the molecule is COc1ccc(C2(O)CCCCC2C(C)C)c(OC)c1. The van der Waals surface area contributed by atoms with Crippen molar-refractivity contribution >= 4 is 0 Å². The Balaban J connectivity index is 2.46. The Bertz CT molecular complexity index is 456. The van der Waals surface area contributed by atoms with Crippen LogP contribution in [0, 0.1) is 11.8 Å². The minimum absolute atomic E-state index is 0.276. The van der Waals surface area contributed by atoms with E-state index in [-0.39, 0.29) is 5.92 Å². The highest BCUT2D eigenvalue weighted by molar-refractivity contribution is 5.44. The molecule has 3 heteroatoms. The largest absolute Gasteiger partial charge is 0.497 e. The van der Waals surface area contributed by atoms with Crippen LogP contribution in [0.3, 0.4) is 0 Å². The topological polar surface area (TPSA) is 38.7 Å². The van der Waals surface area contributed by atoms with E-state index in [2.05, 4.69) is 13.8 Å². The van der Waals surface area contributed by atoms with Gasteiger partial charge in [0.1, 0.15) is 11.5 Å². The first-order valence-electron chi connectivity index (χ1n) is 7.47. The predicted molar refractivity (Wildman–Crippen MR) is 80.2 cm³/mol. The standard InChI is InChI=1S/C17H26O3/c1-12(2)14-7-5-6-10-17(14,18)15-9-8-13(19-3)11-16(15)20-4/h8-9,11-12,14,18H,5-7,10H2,1-4H3. The van der Waals surface area contributed by atoms with E-state index in [0.29, 0.717) is 5.92 Å². The number of hydrogen-bond donors (Lipinski definition) is 1. The molecule has 1 aliphatic carbocycles. The molecule has 0 aliphatic heterocycles. The second kappa shape index (κ2) is 6.04. The van der Waals surface area contributed by atoms with Gasteiger partial charge >= 0.3 is 0 Å². The van der Waals surface area contributed by atoms with Gasteiger partial charge in [0.15, 0.2) is 0 Å². The quantitative estimate of drug-likeness (QED) is 0.912. The molecule has 0 amide bonds. The zero-order chi connectivity index (χ0) is 14.8. The van der Waals surface area contributed by atoms with E-state index in [1.807, 2.05) is 18.2 Å². The first-order chi connectivity index (χ1) is 9.52. The van der Waals surface area contributed by atoms with Crippen LogP contribution in [0.2, 0.25) is 0 Å². The van der Waals surface area contributed by atoms with Crippen LogP contribution >= 0.6 is 0 Å². The Morgan fingerprint density at radius 2 is 1.95 bits per heavy atom. The second-order valence-corrected chi connectivity index (χ2v) is 6.09. The molecular formula is C17H26O3. The average Bonchev–Trinajstić information content (AvgIpc) is 2.46. The summed E-state index contributed by atoms with van der Waals surface area (Å²) in [6.45, 7) is 4.38.